The van der Waals surface area contributed by atoms with Gasteiger partial charge in [-0.05, 0) is 43.0 Å². The van der Waals surface area contributed by atoms with Gasteiger partial charge in [0.15, 0.2) is 0 Å². The van der Waals surface area contributed by atoms with Gasteiger partial charge in [0, 0.05) is 19.6 Å². The number of hydrogen-bond donors (Lipinski definition) is 1. The normalized spacial score (nSPS) is 19.3. The van der Waals surface area contributed by atoms with Gasteiger partial charge in [0.1, 0.15) is 15.7 Å². The number of thiophene rings is 1. The molecule has 0 aliphatic carbocycles. The molecule has 3 heterocycles. The van der Waals surface area contributed by atoms with Crippen molar-refractivity contribution >= 4 is 34.3 Å². The van der Waals surface area contributed by atoms with E-state index in [4.69, 9.17) is 4.74 Å². The Kier molecular flexibility index (Phi) is 5.94. The number of carbonyl (C=O) groups excluding carboxylic acids is 1. The fraction of sp³-hybridized carbons (Fsp3) is 0.333. The quantitative estimate of drug-likeness (QED) is 0.644. The molecular formula is C21H22FN3O2S2. The van der Waals surface area contributed by atoms with E-state index in [0.717, 1.165) is 15.4 Å². The van der Waals surface area contributed by atoms with E-state index in [-0.39, 0.29) is 30.5 Å². The van der Waals surface area contributed by atoms with Crippen LogP contribution in [0, 0.1) is 5.82 Å². The van der Waals surface area contributed by atoms with Gasteiger partial charge in [-0.2, -0.15) is 0 Å². The van der Waals surface area contributed by atoms with Gasteiger partial charge in [-0.15, -0.1) is 22.7 Å². The first-order valence-electron chi connectivity index (χ1n) is 9.46. The summed E-state index contributed by atoms with van der Waals surface area (Å²) in [5, 5.41) is 5.66. The molecule has 1 fully saturated rings. The van der Waals surface area contributed by atoms with Crippen LogP contribution in [0.5, 0.6) is 0 Å². The molecule has 1 N–H and O–H groups in total. The molecule has 5 nitrogen and oxygen atoms in total. The molecule has 29 heavy (non-hydrogen) atoms. The van der Waals surface area contributed by atoms with Gasteiger partial charge < -0.3 is 15.0 Å². The molecule has 2 aromatic heterocycles. The summed E-state index contributed by atoms with van der Waals surface area (Å²) in [4.78, 5) is 20.3. The van der Waals surface area contributed by atoms with Crippen LogP contribution in [-0.2, 0) is 11.3 Å². The van der Waals surface area contributed by atoms with E-state index in [0.29, 0.717) is 23.7 Å². The molecule has 1 saturated heterocycles. The number of amides is 1. The molecule has 152 valence electrons. The summed E-state index contributed by atoms with van der Waals surface area (Å²) in [5.74, 6) is -0.485. The molecule has 2 atom stereocenters. The number of rotatable bonds is 5. The van der Waals surface area contributed by atoms with Crippen molar-refractivity contribution in [2.24, 2.45) is 0 Å². The largest absolute Gasteiger partial charge is 0.372 e. The number of morpholine rings is 1. The number of halogens is 1. The summed E-state index contributed by atoms with van der Waals surface area (Å²) < 4.78 is 20.4. The lowest BCUT2D eigenvalue weighted by molar-refractivity contribution is -0.00539. The Morgan fingerprint density at radius 2 is 2.10 bits per heavy atom. The Morgan fingerprint density at radius 1 is 1.31 bits per heavy atom. The number of nitrogens with zero attached hydrogens (tertiary/aromatic N) is 2. The van der Waals surface area contributed by atoms with Crippen molar-refractivity contribution in [3.8, 4) is 9.88 Å². The number of ether oxygens (including phenoxy) is 1. The maximum absolute atomic E-state index is 14.7. The number of benzene rings is 1. The van der Waals surface area contributed by atoms with E-state index in [1.807, 2.05) is 42.3 Å². The maximum Gasteiger partial charge on any atom is 0.263 e. The van der Waals surface area contributed by atoms with Gasteiger partial charge >= 0.3 is 0 Å². The Balaban J connectivity index is 1.39. The Morgan fingerprint density at radius 3 is 2.79 bits per heavy atom. The number of hydrogen-bond acceptors (Lipinski definition) is 6. The monoisotopic (exact) mass is 431 g/mol. The number of aromatic nitrogens is 1. The second-order valence-corrected chi connectivity index (χ2v) is 9.12. The molecule has 8 heteroatoms. The molecule has 0 saturated carbocycles. The minimum Gasteiger partial charge on any atom is -0.372 e. The van der Waals surface area contributed by atoms with Gasteiger partial charge in [0.2, 0.25) is 0 Å². The number of nitrogens with one attached hydrogen (secondary N) is 1. The highest BCUT2D eigenvalue weighted by atomic mass is 32.1. The van der Waals surface area contributed by atoms with Crippen LogP contribution in [0.2, 0.25) is 0 Å². The maximum atomic E-state index is 14.7. The van der Waals surface area contributed by atoms with Gasteiger partial charge in [0.25, 0.3) is 5.91 Å². The van der Waals surface area contributed by atoms with Crippen molar-refractivity contribution in [1.82, 2.24) is 10.3 Å². The van der Waals surface area contributed by atoms with Crippen molar-refractivity contribution in [3.63, 3.8) is 0 Å². The first-order chi connectivity index (χ1) is 14.0. The SMILES string of the molecule is CC1CN(c2ccc(CNC(=O)c3cnc(-c4cccs4)s3)cc2F)CC(C)O1. The third-order valence-corrected chi connectivity index (χ3v) is 6.72. The van der Waals surface area contributed by atoms with E-state index in [1.54, 1.807) is 23.6 Å². The Hall–Kier alpha value is -2.29. The van der Waals surface area contributed by atoms with Gasteiger partial charge in [0.05, 0.1) is 29.0 Å². The molecule has 1 aromatic carbocycles. The molecule has 0 bridgehead atoms. The van der Waals surface area contributed by atoms with Crippen LogP contribution in [0.15, 0.2) is 41.9 Å². The molecule has 1 amide bonds. The summed E-state index contributed by atoms with van der Waals surface area (Å²) in [5.41, 5.74) is 1.29. The minimum atomic E-state index is -0.282. The van der Waals surface area contributed by atoms with Crippen molar-refractivity contribution in [2.45, 2.75) is 32.6 Å². The smallest absolute Gasteiger partial charge is 0.263 e. The molecule has 1 aliphatic rings. The van der Waals surface area contributed by atoms with Crippen LogP contribution in [0.4, 0.5) is 10.1 Å². The highest BCUT2D eigenvalue weighted by molar-refractivity contribution is 7.21. The number of thiazole rings is 1. The van der Waals surface area contributed by atoms with Crippen LogP contribution in [0.3, 0.4) is 0 Å². The molecule has 4 rings (SSSR count). The topological polar surface area (TPSA) is 54.5 Å². The lowest BCUT2D eigenvalue weighted by atomic mass is 10.1. The Bertz CT molecular complexity index is 980. The van der Waals surface area contributed by atoms with Crippen LogP contribution in [0.1, 0.15) is 29.1 Å². The summed E-state index contributed by atoms with van der Waals surface area (Å²) in [7, 11) is 0. The average Bonchev–Trinajstić information content (AvgIpc) is 3.36. The molecule has 1 aliphatic heterocycles. The zero-order chi connectivity index (χ0) is 20.4. The standard InChI is InChI=1S/C21H22FN3O2S2/c1-13-11-25(12-14(2)27-13)17-6-5-15(8-16(17)22)9-23-20(26)19-10-24-21(29-19)18-4-3-7-28-18/h3-8,10,13-14H,9,11-12H2,1-2H3,(H,23,26). The average molecular weight is 432 g/mol. The van der Waals surface area contributed by atoms with Crippen LogP contribution in [-0.4, -0.2) is 36.2 Å². The lowest BCUT2D eigenvalue weighted by Gasteiger charge is -2.37. The fourth-order valence-corrected chi connectivity index (χ4v) is 5.09. The molecule has 0 radical (unpaired) electrons. The van der Waals surface area contributed by atoms with E-state index >= 15 is 0 Å². The second-order valence-electron chi connectivity index (χ2n) is 7.14. The molecule has 3 aromatic rings. The third-order valence-electron chi connectivity index (χ3n) is 4.69. The zero-order valence-corrected chi connectivity index (χ0v) is 17.9. The summed E-state index contributed by atoms with van der Waals surface area (Å²) in [6, 6.07) is 9.06. The molecule has 0 spiro atoms. The van der Waals surface area contributed by atoms with E-state index in [9.17, 15) is 9.18 Å². The van der Waals surface area contributed by atoms with E-state index in [1.165, 1.54) is 17.4 Å². The number of carbonyl (C=O) groups is 1. The predicted molar refractivity (Wildman–Crippen MR) is 115 cm³/mol. The molecule has 2 unspecified atom stereocenters. The zero-order valence-electron chi connectivity index (χ0n) is 16.2. The minimum absolute atomic E-state index is 0.0654. The van der Waals surface area contributed by atoms with Gasteiger partial charge in [-0.25, -0.2) is 9.37 Å². The Labute approximate surface area is 177 Å². The van der Waals surface area contributed by atoms with Crippen molar-refractivity contribution < 1.29 is 13.9 Å². The van der Waals surface area contributed by atoms with Gasteiger partial charge in [-0.1, -0.05) is 12.1 Å². The predicted octanol–water partition coefficient (Wildman–Crippen LogP) is 4.55. The summed E-state index contributed by atoms with van der Waals surface area (Å²) in [6.07, 6.45) is 1.71. The number of anilines is 1. The van der Waals surface area contributed by atoms with Crippen molar-refractivity contribution in [2.75, 3.05) is 18.0 Å². The van der Waals surface area contributed by atoms with Crippen LogP contribution in [0.25, 0.3) is 9.88 Å². The van der Waals surface area contributed by atoms with E-state index in [2.05, 4.69) is 10.3 Å². The highest BCUT2D eigenvalue weighted by Gasteiger charge is 2.24. The van der Waals surface area contributed by atoms with E-state index < -0.39 is 0 Å². The lowest BCUT2D eigenvalue weighted by Crippen LogP contribution is -2.45. The van der Waals surface area contributed by atoms with Crippen LogP contribution >= 0.6 is 22.7 Å². The first-order valence-corrected chi connectivity index (χ1v) is 11.2. The third kappa shape index (κ3) is 4.66. The highest BCUT2D eigenvalue weighted by Crippen LogP contribution is 2.29. The van der Waals surface area contributed by atoms with Crippen molar-refractivity contribution in [1.29, 1.82) is 0 Å². The van der Waals surface area contributed by atoms with Crippen molar-refractivity contribution in [3.05, 3.63) is 58.2 Å². The first kappa shape index (κ1) is 20.0. The van der Waals surface area contributed by atoms with Gasteiger partial charge in [-0.3, -0.25) is 4.79 Å². The second kappa shape index (κ2) is 8.61. The fourth-order valence-electron chi connectivity index (χ4n) is 3.45. The summed E-state index contributed by atoms with van der Waals surface area (Å²) >= 11 is 2.94. The van der Waals surface area contributed by atoms with Crippen LogP contribution < -0.4 is 10.2 Å². The molecular weight excluding hydrogens is 409 g/mol. The summed E-state index contributed by atoms with van der Waals surface area (Å²) in [6.45, 7) is 5.57.